The lowest BCUT2D eigenvalue weighted by atomic mass is 10.1. The Labute approximate surface area is 113 Å². The molecule has 19 heavy (non-hydrogen) atoms. The third kappa shape index (κ3) is 4.03. The highest BCUT2D eigenvalue weighted by atomic mass is 16.5. The molecule has 1 heterocycles. The van der Waals surface area contributed by atoms with E-state index in [9.17, 15) is 0 Å². The summed E-state index contributed by atoms with van der Waals surface area (Å²) in [7, 11) is 0. The molecule has 1 aromatic heterocycles. The van der Waals surface area contributed by atoms with Gasteiger partial charge in [-0.2, -0.15) is 0 Å². The molecular weight excluding hydrogens is 238 g/mol. The second-order valence-corrected chi connectivity index (χ2v) is 4.55. The van der Waals surface area contributed by atoms with Crippen LogP contribution < -0.4 is 10.1 Å². The van der Waals surface area contributed by atoms with Crippen LogP contribution in [0.4, 0.5) is 0 Å². The average Bonchev–Trinajstić information content (AvgIpc) is 2.37. The lowest BCUT2D eigenvalue weighted by molar-refractivity contribution is 0.458. The van der Waals surface area contributed by atoms with Gasteiger partial charge >= 0.3 is 0 Å². The quantitative estimate of drug-likeness (QED) is 0.894. The summed E-state index contributed by atoms with van der Waals surface area (Å²) >= 11 is 0. The SMILES string of the molecule is CCNCc1cnc(Oc2cc(C)cc(C)c2)cn1. The van der Waals surface area contributed by atoms with Gasteiger partial charge in [-0.15, -0.1) is 0 Å². The summed E-state index contributed by atoms with van der Waals surface area (Å²) in [6, 6.07) is 6.08. The van der Waals surface area contributed by atoms with Crippen LogP contribution in [0.25, 0.3) is 0 Å². The van der Waals surface area contributed by atoms with Gasteiger partial charge in [0.1, 0.15) is 5.75 Å². The molecule has 0 aliphatic heterocycles. The zero-order chi connectivity index (χ0) is 13.7. The number of hydrogen-bond donors (Lipinski definition) is 1. The Morgan fingerprint density at radius 3 is 2.37 bits per heavy atom. The Kier molecular flexibility index (Phi) is 4.47. The lowest BCUT2D eigenvalue weighted by Gasteiger charge is -2.07. The van der Waals surface area contributed by atoms with E-state index in [4.69, 9.17) is 4.74 Å². The first-order valence-electron chi connectivity index (χ1n) is 6.45. The Bertz CT molecular complexity index is 517. The maximum Gasteiger partial charge on any atom is 0.237 e. The molecule has 1 N–H and O–H groups in total. The van der Waals surface area contributed by atoms with Crippen LogP contribution >= 0.6 is 0 Å². The molecule has 0 fully saturated rings. The zero-order valence-electron chi connectivity index (χ0n) is 11.6. The summed E-state index contributed by atoms with van der Waals surface area (Å²) in [5.41, 5.74) is 3.26. The van der Waals surface area contributed by atoms with Crippen LogP contribution in [0.2, 0.25) is 0 Å². The maximum absolute atomic E-state index is 5.71. The fraction of sp³-hybridized carbons (Fsp3) is 0.333. The molecule has 2 aromatic rings. The zero-order valence-corrected chi connectivity index (χ0v) is 11.6. The smallest absolute Gasteiger partial charge is 0.237 e. The second-order valence-electron chi connectivity index (χ2n) is 4.55. The Morgan fingerprint density at radius 2 is 1.79 bits per heavy atom. The molecule has 0 spiro atoms. The van der Waals surface area contributed by atoms with E-state index in [1.54, 1.807) is 12.4 Å². The highest BCUT2D eigenvalue weighted by molar-refractivity contribution is 5.35. The van der Waals surface area contributed by atoms with Crippen molar-refractivity contribution in [3.8, 4) is 11.6 Å². The van der Waals surface area contributed by atoms with E-state index in [1.165, 1.54) is 11.1 Å². The predicted molar refractivity (Wildman–Crippen MR) is 75.4 cm³/mol. The lowest BCUT2D eigenvalue weighted by Crippen LogP contribution is -2.13. The van der Waals surface area contributed by atoms with Gasteiger partial charge in [-0.3, -0.25) is 4.98 Å². The molecule has 2 rings (SSSR count). The van der Waals surface area contributed by atoms with Crippen molar-refractivity contribution in [2.45, 2.75) is 27.3 Å². The van der Waals surface area contributed by atoms with Crippen molar-refractivity contribution >= 4 is 0 Å². The number of ether oxygens (including phenoxy) is 1. The van der Waals surface area contributed by atoms with E-state index in [0.29, 0.717) is 5.88 Å². The van der Waals surface area contributed by atoms with Crippen LogP contribution in [-0.4, -0.2) is 16.5 Å². The summed E-state index contributed by atoms with van der Waals surface area (Å²) in [5, 5.41) is 3.21. The Balaban J connectivity index is 2.06. The first-order valence-corrected chi connectivity index (χ1v) is 6.45. The average molecular weight is 257 g/mol. The molecule has 0 amide bonds. The summed E-state index contributed by atoms with van der Waals surface area (Å²) in [6.45, 7) is 7.80. The first kappa shape index (κ1) is 13.5. The third-order valence-corrected chi connectivity index (χ3v) is 2.66. The molecule has 4 heteroatoms. The number of rotatable bonds is 5. The Hall–Kier alpha value is -1.94. The summed E-state index contributed by atoms with van der Waals surface area (Å²) in [5.74, 6) is 1.32. The number of aromatic nitrogens is 2. The van der Waals surface area contributed by atoms with Gasteiger partial charge in [0.25, 0.3) is 0 Å². The van der Waals surface area contributed by atoms with Crippen molar-refractivity contribution in [3.63, 3.8) is 0 Å². The molecule has 0 aliphatic rings. The van der Waals surface area contributed by atoms with Crippen LogP contribution in [0.5, 0.6) is 11.6 Å². The minimum absolute atomic E-state index is 0.519. The summed E-state index contributed by atoms with van der Waals surface area (Å²) in [6.07, 6.45) is 3.39. The van der Waals surface area contributed by atoms with Crippen LogP contribution in [0, 0.1) is 13.8 Å². The normalized spacial score (nSPS) is 10.5. The van der Waals surface area contributed by atoms with Gasteiger partial charge in [-0.05, 0) is 43.7 Å². The largest absolute Gasteiger partial charge is 0.437 e. The minimum Gasteiger partial charge on any atom is -0.437 e. The van der Waals surface area contributed by atoms with Crippen molar-refractivity contribution in [1.29, 1.82) is 0 Å². The van der Waals surface area contributed by atoms with E-state index in [-0.39, 0.29) is 0 Å². The summed E-state index contributed by atoms with van der Waals surface area (Å²) in [4.78, 5) is 8.57. The highest BCUT2D eigenvalue weighted by Gasteiger charge is 2.02. The minimum atomic E-state index is 0.519. The van der Waals surface area contributed by atoms with Gasteiger partial charge in [0.15, 0.2) is 0 Å². The monoisotopic (exact) mass is 257 g/mol. The van der Waals surface area contributed by atoms with Gasteiger partial charge in [-0.25, -0.2) is 4.98 Å². The van der Waals surface area contributed by atoms with Crippen LogP contribution in [-0.2, 0) is 6.54 Å². The van der Waals surface area contributed by atoms with Crippen molar-refractivity contribution in [2.75, 3.05) is 6.54 Å². The van der Waals surface area contributed by atoms with Crippen molar-refractivity contribution in [2.24, 2.45) is 0 Å². The summed E-state index contributed by atoms with van der Waals surface area (Å²) < 4.78 is 5.71. The fourth-order valence-electron chi connectivity index (χ4n) is 1.85. The van der Waals surface area contributed by atoms with Crippen molar-refractivity contribution < 1.29 is 4.74 Å². The van der Waals surface area contributed by atoms with Crippen molar-refractivity contribution in [1.82, 2.24) is 15.3 Å². The number of aryl methyl sites for hydroxylation is 2. The number of nitrogens with one attached hydrogen (secondary N) is 1. The van der Waals surface area contributed by atoms with Crippen molar-refractivity contribution in [3.05, 3.63) is 47.4 Å². The van der Waals surface area contributed by atoms with Gasteiger partial charge in [-0.1, -0.05) is 13.0 Å². The first-order chi connectivity index (χ1) is 9.17. The third-order valence-electron chi connectivity index (χ3n) is 2.66. The Morgan fingerprint density at radius 1 is 1.05 bits per heavy atom. The topological polar surface area (TPSA) is 47.0 Å². The van der Waals surface area contributed by atoms with E-state index in [0.717, 1.165) is 24.5 Å². The number of hydrogen-bond acceptors (Lipinski definition) is 4. The van der Waals surface area contributed by atoms with Crippen LogP contribution in [0.15, 0.2) is 30.6 Å². The van der Waals surface area contributed by atoms with Gasteiger partial charge in [0.2, 0.25) is 5.88 Å². The van der Waals surface area contributed by atoms with E-state index < -0.39 is 0 Å². The van der Waals surface area contributed by atoms with Crippen LogP contribution in [0.1, 0.15) is 23.7 Å². The molecule has 4 nitrogen and oxygen atoms in total. The van der Waals surface area contributed by atoms with E-state index >= 15 is 0 Å². The van der Waals surface area contributed by atoms with Gasteiger partial charge in [0, 0.05) is 6.54 Å². The fourth-order valence-corrected chi connectivity index (χ4v) is 1.85. The number of nitrogens with zero attached hydrogens (tertiary/aromatic N) is 2. The second kappa shape index (κ2) is 6.29. The van der Waals surface area contributed by atoms with E-state index in [2.05, 4.69) is 28.3 Å². The molecular formula is C15H19N3O. The van der Waals surface area contributed by atoms with Gasteiger partial charge in [0.05, 0.1) is 18.1 Å². The molecule has 0 saturated heterocycles. The molecule has 0 unspecified atom stereocenters. The van der Waals surface area contributed by atoms with Gasteiger partial charge < -0.3 is 10.1 Å². The molecule has 100 valence electrons. The predicted octanol–water partition coefficient (Wildman–Crippen LogP) is 3.00. The molecule has 1 aromatic carbocycles. The highest BCUT2D eigenvalue weighted by Crippen LogP contribution is 2.21. The van der Waals surface area contributed by atoms with Crippen LogP contribution in [0.3, 0.4) is 0 Å². The number of benzene rings is 1. The molecule has 0 atom stereocenters. The maximum atomic E-state index is 5.71. The standard InChI is InChI=1S/C15H19N3O/c1-4-16-8-13-9-18-15(10-17-13)19-14-6-11(2)5-12(3)7-14/h5-7,9-10,16H,4,8H2,1-3H3. The van der Waals surface area contributed by atoms with E-state index in [1.807, 2.05) is 26.0 Å². The molecule has 0 radical (unpaired) electrons. The molecule has 0 bridgehead atoms. The molecule has 0 saturated carbocycles. The molecule has 0 aliphatic carbocycles.